The van der Waals surface area contributed by atoms with Gasteiger partial charge in [-0.1, -0.05) is 12.1 Å². The van der Waals surface area contributed by atoms with E-state index in [0.29, 0.717) is 10.6 Å². The van der Waals surface area contributed by atoms with Crippen molar-refractivity contribution in [1.82, 2.24) is 9.88 Å². The van der Waals surface area contributed by atoms with Gasteiger partial charge in [0.2, 0.25) is 0 Å². The summed E-state index contributed by atoms with van der Waals surface area (Å²) in [7, 11) is 0. The zero-order valence-electron chi connectivity index (χ0n) is 14.0. The Hall–Kier alpha value is -2.93. The van der Waals surface area contributed by atoms with Gasteiger partial charge < -0.3 is 14.6 Å². The summed E-state index contributed by atoms with van der Waals surface area (Å²) in [4.78, 5) is 25.0. The Bertz CT molecular complexity index is 888. The number of carbonyl (C=O) groups excluding carboxylic acids is 2. The number of nitrogens with zero attached hydrogens (tertiary/aromatic N) is 1. The third-order valence-electron chi connectivity index (χ3n) is 3.75. The van der Waals surface area contributed by atoms with Crippen LogP contribution in [0.25, 0.3) is 5.69 Å². The molecule has 1 atom stereocenters. The van der Waals surface area contributed by atoms with E-state index in [9.17, 15) is 14.0 Å². The second-order valence-electron chi connectivity index (χ2n) is 5.62. The zero-order valence-corrected chi connectivity index (χ0v) is 14.8. The Morgan fingerprint density at radius 3 is 2.58 bits per heavy atom. The van der Waals surface area contributed by atoms with Crippen LogP contribution in [0.2, 0.25) is 0 Å². The van der Waals surface area contributed by atoms with Crippen LogP contribution in [-0.2, 0) is 16.1 Å². The lowest BCUT2D eigenvalue weighted by Crippen LogP contribution is -2.35. The van der Waals surface area contributed by atoms with Crippen molar-refractivity contribution in [2.75, 3.05) is 0 Å². The Morgan fingerprint density at radius 2 is 1.88 bits per heavy atom. The molecule has 0 fully saturated rings. The minimum atomic E-state index is -0.942. The van der Waals surface area contributed by atoms with Crippen LogP contribution < -0.4 is 5.32 Å². The van der Waals surface area contributed by atoms with Crippen molar-refractivity contribution < 1.29 is 18.7 Å². The van der Waals surface area contributed by atoms with E-state index < -0.39 is 18.0 Å². The van der Waals surface area contributed by atoms with E-state index in [0.717, 1.165) is 5.56 Å². The van der Waals surface area contributed by atoms with Gasteiger partial charge in [-0.05, 0) is 48.2 Å². The molecule has 1 unspecified atom stereocenters. The van der Waals surface area contributed by atoms with E-state index in [2.05, 4.69) is 5.32 Å². The second-order valence-corrected chi connectivity index (χ2v) is 6.53. The molecule has 0 saturated heterocycles. The number of esters is 1. The number of hydrogen-bond acceptors (Lipinski definition) is 4. The van der Waals surface area contributed by atoms with Gasteiger partial charge >= 0.3 is 5.97 Å². The average molecular weight is 372 g/mol. The number of halogens is 1. The fourth-order valence-electron chi connectivity index (χ4n) is 2.36. The number of carbonyl (C=O) groups is 2. The standard InChI is InChI=1S/C19H17FN2O3S/c1-13(18(23)21-12-14-4-6-15(20)7-5-14)25-19(24)17-16(8-11-26-17)22-9-2-3-10-22/h2-11,13H,12H2,1H3,(H,21,23). The monoisotopic (exact) mass is 372 g/mol. The summed E-state index contributed by atoms with van der Waals surface area (Å²) in [5.41, 5.74) is 1.47. The van der Waals surface area contributed by atoms with Crippen LogP contribution in [0.15, 0.2) is 60.2 Å². The molecule has 0 aliphatic carbocycles. The molecule has 26 heavy (non-hydrogen) atoms. The van der Waals surface area contributed by atoms with E-state index in [1.54, 1.807) is 17.5 Å². The summed E-state index contributed by atoms with van der Waals surface area (Å²) in [6.45, 7) is 1.75. The Labute approximate surface area is 154 Å². The van der Waals surface area contributed by atoms with Gasteiger partial charge in [0.25, 0.3) is 5.91 Å². The average Bonchev–Trinajstić information content (AvgIpc) is 3.31. The van der Waals surface area contributed by atoms with Gasteiger partial charge in [-0.3, -0.25) is 4.79 Å². The van der Waals surface area contributed by atoms with Gasteiger partial charge in [-0.25, -0.2) is 9.18 Å². The third kappa shape index (κ3) is 4.18. The molecular formula is C19H17FN2O3S. The van der Waals surface area contributed by atoms with Crippen LogP contribution in [-0.4, -0.2) is 22.5 Å². The Morgan fingerprint density at radius 1 is 1.19 bits per heavy atom. The molecular weight excluding hydrogens is 355 g/mol. The maximum Gasteiger partial charge on any atom is 0.351 e. The van der Waals surface area contributed by atoms with Crippen LogP contribution in [0.3, 0.4) is 0 Å². The minimum absolute atomic E-state index is 0.231. The molecule has 0 spiro atoms. The molecule has 7 heteroatoms. The van der Waals surface area contributed by atoms with Crippen LogP contribution in [0, 0.1) is 5.82 Å². The molecule has 2 heterocycles. The van der Waals surface area contributed by atoms with Gasteiger partial charge in [0.05, 0.1) is 5.69 Å². The lowest BCUT2D eigenvalue weighted by atomic mass is 10.2. The van der Waals surface area contributed by atoms with Crippen molar-refractivity contribution in [3.8, 4) is 5.69 Å². The first-order valence-corrected chi connectivity index (χ1v) is 8.86. The summed E-state index contributed by atoms with van der Waals surface area (Å²) in [5.74, 6) is -1.30. The highest BCUT2D eigenvalue weighted by atomic mass is 32.1. The molecule has 3 rings (SSSR count). The fraction of sp³-hybridized carbons (Fsp3) is 0.158. The molecule has 134 valence electrons. The number of hydrogen-bond donors (Lipinski definition) is 1. The molecule has 0 aliphatic heterocycles. The summed E-state index contributed by atoms with van der Waals surface area (Å²) in [6.07, 6.45) is 2.72. The normalized spacial score (nSPS) is 11.8. The highest BCUT2D eigenvalue weighted by molar-refractivity contribution is 7.12. The van der Waals surface area contributed by atoms with Gasteiger partial charge in [0.15, 0.2) is 6.10 Å². The number of benzene rings is 1. The fourth-order valence-corrected chi connectivity index (χ4v) is 3.13. The lowest BCUT2D eigenvalue weighted by Gasteiger charge is -2.14. The molecule has 0 aliphatic rings. The van der Waals surface area contributed by atoms with Crippen LogP contribution >= 0.6 is 11.3 Å². The third-order valence-corrected chi connectivity index (χ3v) is 4.63. The number of rotatable bonds is 6. The first-order valence-electron chi connectivity index (χ1n) is 7.98. The maximum atomic E-state index is 12.9. The van der Waals surface area contributed by atoms with E-state index in [-0.39, 0.29) is 12.4 Å². The van der Waals surface area contributed by atoms with Gasteiger partial charge in [-0.15, -0.1) is 11.3 Å². The topological polar surface area (TPSA) is 60.3 Å². The molecule has 0 radical (unpaired) electrons. The van der Waals surface area contributed by atoms with Gasteiger partial charge in [-0.2, -0.15) is 0 Å². The molecule has 2 aromatic heterocycles. The SMILES string of the molecule is CC(OC(=O)c1sccc1-n1cccc1)C(=O)NCc1ccc(F)cc1. The highest BCUT2D eigenvalue weighted by Crippen LogP contribution is 2.22. The van der Waals surface area contributed by atoms with Crippen LogP contribution in [0.4, 0.5) is 4.39 Å². The van der Waals surface area contributed by atoms with E-state index in [4.69, 9.17) is 4.74 Å². The van der Waals surface area contributed by atoms with E-state index in [1.807, 2.05) is 35.2 Å². The molecule has 1 N–H and O–H groups in total. The number of aromatic nitrogens is 1. The molecule has 1 aromatic carbocycles. The molecule has 3 aromatic rings. The number of thiophene rings is 1. The summed E-state index contributed by atoms with van der Waals surface area (Å²) >= 11 is 1.26. The second kappa shape index (κ2) is 7.97. The van der Waals surface area contributed by atoms with E-state index >= 15 is 0 Å². The van der Waals surface area contributed by atoms with Crippen molar-refractivity contribution in [3.63, 3.8) is 0 Å². The predicted octanol–water partition coefficient (Wildman–Crippen LogP) is 3.54. The summed E-state index contributed by atoms with van der Waals surface area (Å²) in [5, 5.41) is 4.47. The first-order chi connectivity index (χ1) is 12.5. The van der Waals surface area contributed by atoms with Crippen molar-refractivity contribution in [1.29, 1.82) is 0 Å². The van der Waals surface area contributed by atoms with Gasteiger partial charge in [0, 0.05) is 18.9 Å². The quantitative estimate of drug-likeness (QED) is 0.674. The van der Waals surface area contributed by atoms with E-state index in [1.165, 1.54) is 30.4 Å². The van der Waals surface area contributed by atoms with Crippen molar-refractivity contribution in [2.45, 2.75) is 19.6 Å². The minimum Gasteiger partial charge on any atom is -0.448 e. The molecule has 0 saturated carbocycles. The summed E-state index contributed by atoms with van der Waals surface area (Å²) in [6, 6.07) is 11.4. The largest absolute Gasteiger partial charge is 0.448 e. The highest BCUT2D eigenvalue weighted by Gasteiger charge is 2.22. The van der Waals surface area contributed by atoms with Crippen LogP contribution in [0.1, 0.15) is 22.2 Å². The smallest absolute Gasteiger partial charge is 0.351 e. The molecule has 0 bridgehead atoms. The first kappa shape index (κ1) is 17.9. The van der Waals surface area contributed by atoms with Crippen molar-refractivity contribution in [2.24, 2.45) is 0 Å². The molecule has 5 nitrogen and oxygen atoms in total. The zero-order chi connectivity index (χ0) is 18.5. The molecule has 1 amide bonds. The number of nitrogens with one attached hydrogen (secondary N) is 1. The van der Waals surface area contributed by atoms with Crippen molar-refractivity contribution >= 4 is 23.2 Å². The Kier molecular flexibility index (Phi) is 5.48. The number of ether oxygens (including phenoxy) is 1. The van der Waals surface area contributed by atoms with Crippen LogP contribution in [0.5, 0.6) is 0 Å². The predicted molar refractivity (Wildman–Crippen MR) is 96.8 cm³/mol. The lowest BCUT2D eigenvalue weighted by molar-refractivity contribution is -0.129. The Balaban J connectivity index is 1.58. The summed E-state index contributed by atoms with van der Waals surface area (Å²) < 4.78 is 20.0. The number of amides is 1. The maximum absolute atomic E-state index is 12.9. The van der Waals surface area contributed by atoms with Gasteiger partial charge in [0.1, 0.15) is 10.7 Å². The van der Waals surface area contributed by atoms with Crippen molar-refractivity contribution in [3.05, 3.63) is 76.5 Å².